The number of nitrogens with zero attached hydrogens (tertiary/aromatic N) is 4. The minimum Gasteiger partial charge on any atom is -0.442 e. The molecule has 6 rings (SSSR count). The van der Waals surface area contributed by atoms with E-state index in [2.05, 4.69) is 53.2 Å². The summed E-state index contributed by atoms with van der Waals surface area (Å²) in [5.74, 6) is 1.88. The second kappa shape index (κ2) is 8.03. The van der Waals surface area contributed by atoms with Gasteiger partial charge in [0, 0.05) is 55.3 Å². The van der Waals surface area contributed by atoms with E-state index in [1.807, 2.05) is 6.07 Å². The average molecular weight is 450 g/mol. The number of furan rings is 1. The smallest absolute Gasteiger partial charge is 0.228 e. The van der Waals surface area contributed by atoms with Gasteiger partial charge in [0.1, 0.15) is 11.6 Å². The summed E-state index contributed by atoms with van der Waals surface area (Å²) in [4.78, 5) is 14.4. The van der Waals surface area contributed by atoms with Crippen molar-refractivity contribution in [2.45, 2.75) is 32.9 Å². The van der Waals surface area contributed by atoms with Crippen molar-refractivity contribution in [1.29, 1.82) is 0 Å². The lowest BCUT2D eigenvalue weighted by atomic mass is 10.0. The van der Waals surface area contributed by atoms with Gasteiger partial charge in [-0.2, -0.15) is 4.98 Å². The summed E-state index contributed by atoms with van der Waals surface area (Å²) in [6, 6.07) is 11.0. The molecule has 32 heavy (non-hydrogen) atoms. The van der Waals surface area contributed by atoms with E-state index < -0.39 is 0 Å². The third-order valence-electron chi connectivity index (χ3n) is 6.39. The van der Waals surface area contributed by atoms with Crippen molar-refractivity contribution in [2.24, 2.45) is 0 Å². The van der Waals surface area contributed by atoms with Gasteiger partial charge < -0.3 is 19.4 Å². The molecule has 3 aromatic heterocycles. The summed E-state index contributed by atoms with van der Waals surface area (Å²) in [5.41, 5.74) is 4.04. The first-order valence-corrected chi connectivity index (χ1v) is 12.1. The van der Waals surface area contributed by atoms with Crippen LogP contribution in [0.5, 0.6) is 0 Å². The molecule has 7 nitrogen and oxygen atoms in total. The number of hydrogen-bond donors (Lipinski definition) is 1. The van der Waals surface area contributed by atoms with Gasteiger partial charge in [-0.3, -0.25) is 4.90 Å². The molecule has 0 radical (unpaired) electrons. The van der Waals surface area contributed by atoms with Gasteiger partial charge in [-0.1, -0.05) is 11.3 Å². The summed E-state index contributed by atoms with van der Waals surface area (Å²) >= 11 is 1.73. The van der Waals surface area contributed by atoms with Crippen molar-refractivity contribution in [3.8, 4) is 0 Å². The summed E-state index contributed by atoms with van der Waals surface area (Å²) in [6.07, 6.45) is 0.945. The van der Waals surface area contributed by atoms with Gasteiger partial charge >= 0.3 is 0 Å². The third kappa shape index (κ3) is 3.62. The number of aromatic nitrogens is 2. The van der Waals surface area contributed by atoms with Crippen molar-refractivity contribution >= 4 is 49.3 Å². The Bertz CT molecular complexity index is 1270. The maximum atomic E-state index is 6.14. The molecule has 0 spiro atoms. The van der Waals surface area contributed by atoms with Crippen molar-refractivity contribution in [3.05, 3.63) is 41.7 Å². The molecule has 1 N–H and O–H groups in total. The van der Waals surface area contributed by atoms with E-state index in [9.17, 15) is 0 Å². The zero-order chi connectivity index (χ0) is 21.7. The van der Waals surface area contributed by atoms with Crippen molar-refractivity contribution < 1.29 is 9.15 Å². The van der Waals surface area contributed by atoms with Gasteiger partial charge in [0.25, 0.3) is 0 Å². The van der Waals surface area contributed by atoms with Crippen LogP contribution >= 0.6 is 11.3 Å². The van der Waals surface area contributed by atoms with E-state index in [1.165, 1.54) is 10.3 Å². The van der Waals surface area contributed by atoms with Gasteiger partial charge in [-0.15, -0.1) is 0 Å². The van der Waals surface area contributed by atoms with E-state index in [4.69, 9.17) is 19.1 Å². The molecule has 4 aromatic rings. The first-order valence-electron chi connectivity index (χ1n) is 11.3. The van der Waals surface area contributed by atoms with E-state index in [0.29, 0.717) is 6.04 Å². The van der Waals surface area contributed by atoms with Crippen LogP contribution in [0.2, 0.25) is 0 Å². The number of anilines is 3. The zero-order valence-corrected chi connectivity index (χ0v) is 19.2. The molecule has 0 atom stereocenters. The maximum Gasteiger partial charge on any atom is 0.228 e. The van der Waals surface area contributed by atoms with Crippen LogP contribution in [0.4, 0.5) is 16.6 Å². The quantitative estimate of drug-likeness (QED) is 0.481. The Labute approximate surface area is 191 Å². The Morgan fingerprint density at radius 2 is 1.94 bits per heavy atom. The minimum atomic E-state index is 0.535. The molecular weight excluding hydrogens is 422 g/mol. The second-order valence-corrected chi connectivity index (χ2v) is 9.78. The standard InChI is InChI=1S/C24H27N5O2S/c1-15(2)29-8-7-20-18(14-29)17-4-6-22(27-23(17)31-20)25-16-3-5-19-21(13-16)32-24(26-19)28-9-11-30-12-10-28/h3-6,13,15H,7-12,14H2,1-2H3,(H,25,27). The van der Waals surface area contributed by atoms with Crippen LogP contribution in [0.15, 0.2) is 34.7 Å². The SMILES string of the molecule is CC(C)N1CCc2oc3nc(Nc4ccc5nc(N6CCOCC6)sc5c4)ccc3c2C1. The Morgan fingerprint density at radius 3 is 2.78 bits per heavy atom. The average Bonchev–Trinajstić information content (AvgIpc) is 3.39. The highest BCUT2D eigenvalue weighted by molar-refractivity contribution is 7.22. The number of morpholine rings is 1. The van der Waals surface area contributed by atoms with Gasteiger partial charge in [-0.25, -0.2) is 4.98 Å². The molecule has 2 aliphatic heterocycles. The molecule has 8 heteroatoms. The fourth-order valence-corrected chi connectivity index (χ4v) is 5.57. The Balaban J connectivity index is 1.25. The van der Waals surface area contributed by atoms with Gasteiger partial charge in [0.15, 0.2) is 5.13 Å². The number of nitrogens with one attached hydrogen (secondary N) is 1. The number of fused-ring (bicyclic) bond motifs is 4. The molecule has 1 aromatic carbocycles. The summed E-state index contributed by atoms with van der Waals surface area (Å²) in [6.45, 7) is 9.80. The van der Waals surface area contributed by atoms with Gasteiger partial charge in [-0.05, 0) is 44.2 Å². The lowest BCUT2D eigenvalue weighted by Gasteiger charge is -2.29. The van der Waals surface area contributed by atoms with E-state index >= 15 is 0 Å². The van der Waals surface area contributed by atoms with Crippen LogP contribution in [0.25, 0.3) is 21.3 Å². The third-order valence-corrected chi connectivity index (χ3v) is 7.47. The number of pyridine rings is 1. The lowest BCUT2D eigenvalue weighted by molar-refractivity contribution is 0.122. The van der Waals surface area contributed by atoms with E-state index in [1.54, 1.807) is 11.3 Å². The van der Waals surface area contributed by atoms with Crippen LogP contribution in [0, 0.1) is 0 Å². The van der Waals surface area contributed by atoms with Crippen LogP contribution in [0.3, 0.4) is 0 Å². The normalized spacial score (nSPS) is 17.4. The second-order valence-electron chi connectivity index (χ2n) is 8.77. The topological polar surface area (TPSA) is 66.7 Å². The minimum absolute atomic E-state index is 0.535. The predicted octanol–water partition coefficient (Wildman–Crippen LogP) is 4.78. The molecular formula is C24H27N5O2S. The fraction of sp³-hybridized carbons (Fsp3) is 0.417. The van der Waals surface area contributed by atoms with E-state index in [0.717, 1.165) is 84.8 Å². The van der Waals surface area contributed by atoms with Gasteiger partial charge in [0.2, 0.25) is 5.71 Å². The highest BCUT2D eigenvalue weighted by Gasteiger charge is 2.24. The summed E-state index contributed by atoms with van der Waals surface area (Å²) < 4.78 is 12.8. The zero-order valence-electron chi connectivity index (χ0n) is 18.4. The molecule has 2 aliphatic rings. The molecule has 166 valence electrons. The molecule has 0 unspecified atom stereocenters. The number of ether oxygens (including phenoxy) is 1. The number of benzene rings is 1. The highest BCUT2D eigenvalue weighted by Crippen LogP contribution is 2.34. The summed E-state index contributed by atoms with van der Waals surface area (Å²) in [5, 5.41) is 5.64. The molecule has 1 fully saturated rings. The van der Waals surface area contributed by atoms with Crippen LogP contribution in [-0.4, -0.2) is 53.8 Å². The van der Waals surface area contributed by atoms with E-state index in [-0.39, 0.29) is 0 Å². The Kier molecular flexibility index (Phi) is 5.01. The Hall–Kier alpha value is -2.68. The monoisotopic (exact) mass is 449 g/mol. The molecule has 1 saturated heterocycles. The fourth-order valence-electron chi connectivity index (χ4n) is 4.52. The number of hydrogen-bond acceptors (Lipinski definition) is 8. The molecule has 0 saturated carbocycles. The largest absolute Gasteiger partial charge is 0.442 e. The lowest BCUT2D eigenvalue weighted by Crippen LogP contribution is -2.36. The highest BCUT2D eigenvalue weighted by atomic mass is 32.1. The van der Waals surface area contributed by atoms with Crippen LogP contribution in [-0.2, 0) is 17.7 Å². The molecule has 0 aliphatic carbocycles. The number of thiazole rings is 1. The summed E-state index contributed by atoms with van der Waals surface area (Å²) in [7, 11) is 0. The van der Waals surface area contributed by atoms with Crippen LogP contribution in [0.1, 0.15) is 25.2 Å². The first-order chi connectivity index (χ1) is 15.6. The van der Waals surface area contributed by atoms with Crippen molar-refractivity contribution in [1.82, 2.24) is 14.9 Å². The van der Waals surface area contributed by atoms with Crippen LogP contribution < -0.4 is 10.2 Å². The first kappa shape index (κ1) is 20.0. The molecule has 0 bridgehead atoms. The molecule has 5 heterocycles. The molecule has 0 amide bonds. The van der Waals surface area contributed by atoms with Gasteiger partial charge in [0.05, 0.1) is 23.4 Å². The van der Waals surface area contributed by atoms with Crippen molar-refractivity contribution in [2.75, 3.05) is 43.1 Å². The number of rotatable bonds is 4. The Morgan fingerprint density at radius 1 is 1.06 bits per heavy atom. The van der Waals surface area contributed by atoms with Crippen molar-refractivity contribution in [3.63, 3.8) is 0 Å². The maximum absolute atomic E-state index is 6.14. The predicted molar refractivity (Wildman–Crippen MR) is 129 cm³/mol.